The third kappa shape index (κ3) is 5.04. The molecule has 4 heterocycles. The van der Waals surface area contributed by atoms with E-state index in [1.165, 1.54) is 6.33 Å². The van der Waals surface area contributed by atoms with Crippen molar-refractivity contribution >= 4 is 57.4 Å². The van der Waals surface area contributed by atoms with Gasteiger partial charge in [-0.25, -0.2) is 14.6 Å². The van der Waals surface area contributed by atoms with Crippen LogP contribution < -0.4 is 11.1 Å². The van der Waals surface area contributed by atoms with Crippen LogP contribution in [0.1, 0.15) is 36.8 Å². The van der Waals surface area contributed by atoms with E-state index >= 15 is 0 Å². The summed E-state index contributed by atoms with van der Waals surface area (Å²) < 4.78 is 7.27. The maximum absolute atomic E-state index is 13.2. The molecule has 3 N–H and O–H groups in total. The third-order valence-corrected chi connectivity index (χ3v) is 6.88. The smallest absolute Gasteiger partial charge is 0.302 e. The molecule has 38 heavy (non-hydrogen) atoms. The van der Waals surface area contributed by atoms with E-state index in [1.807, 2.05) is 6.08 Å². The fourth-order valence-electron chi connectivity index (χ4n) is 4.55. The number of nitrogens with two attached hydrogens (primary N) is 1. The molecule has 12 nitrogen and oxygen atoms in total. The van der Waals surface area contributed by atoms with E-state index < -0.39 is 5.91 Å². The predicted octanol–water partition coefficient (Wildman–Crippen LogP) is 3.13. The minimum absolute atomic E-state index is 0.000440. The highest BCUT2D eigenvalue weighted by molar-refractivity contribution is 6.31. The number of hydrogen-bond acceptors (Lipinski definition) is 9. The Balaban J connectivity index is 1.36. The van der Waals surface area contributed by atoms with Crippen LogP contribution in [-0.4, -0.2) is 79.1 Å². The van der Waals surface area contributed by atoms with E-state index in [9.17, 15) is 9.59 Å². The number of carbonyl (C=O) groups excluding carboxylic acids is 2. The van der Waals surface area contributed by atoms with Crippen molar-refractivity contribution in [3.63, 3.8) is 0 Å². The Morgan fingerprint density at radius 1 is 1.29 bits per heavy atom. The standard InChI is InChI=1S/C25H28ClN9O3/c1-3-33(4-2)10-5-6-19(36)34-11-9-16(13-34)35-23-20(22(27)28-14-29-23)21(32-35)24(37)31-25-30-17-12-15(26)7-8-18(17)38-25/h5-8,12,14,16H,3-4,9-11,13H2,1-2H3,(H2,27,28,29)(H,30,31,37)/t16-/m1/s1. The number of hydrogen-bond donors (Lipinski definition) is 2. The number of nitrogens with zero attached hydrogens (tertiary/aromatic N) is 7. The van der Waals surface area contributed by atoms with Crippen molar-refractivity contribution < 1.29 is 14.0 Å². The van der Waals surface area contributed by atoms with Crippen LogP contribution in [0.25, 0.3) is 22.1 Å². The van der Waals surface area contributed by atoms with Gasteiger partial charge in [0.25, 0.3) is 5.91 Å². The van der Waals surface area contributed by atoms with Crippen LogP contribution in [0.2, 0.25) is 5.02 Å². The molecule has 1 aromatic carbocycles. The molecule has 1 aliphatic heterocycles. The molecule has 0 radical (unpaired) electrons. The topological polar surface area (TPSA) is 148 Å². The van der Waals surface area contributed by atoms with Crippen molar-refractivity contribution in [3.8, 4) is 0 Å². The number of amides is 2. The second kappa shape index (κ2) is 10.8. The highest BCUT2D eigenvalue weighted by atomic mass is 35.5. The van der Waals surface area contributed by atoms with Gasteiger partial charge in [-0.1, -0.05) is 31.5 Å². The maximum Gasteiger partial charge on any atom is 0.302 e. The zero-order valence-corrected chi connectivity index (χ0v) is 21.9. The number of anilines is 2. The van der Waals surface area contributed by atoms with E-state index in [2.05, 4.69) is 44.1 Å². The molecular formula is C25H28ClN9O3. The molecule has 1 atom stereocenters. The number of carbonyl (C=O) groups is 2. The number of oxazole rings is 1. The van der Waals surface area contributed by atoms with Gasteiger partial charge < -0.3 is 20.0 Å². The zero-order chi connectivity index (χ0) is 26.8. The number of benzene rings is 1. The molecule has 198 valence electrons. The molecule has 1 fully saturated rings. The summed E-state index contributed by atoms with van der Waals surface area (Å²) >= 11 is 6.02. The minimum atomic E-state index is -0.571. The molecule has 0 unspecified atom stereocenters. The lowest BCUT2D eigenvalue weighted by Gasteiger charge is -2.16. The van der Waals surface area contributed by atoms with Crippen LogP contribution in [0, 0.1) is 0 Å². The zero-order valence-electron chi connectivity index (χ0n) is 21.1. The van der Waals surface area contributed by atoms with Crippen molar-refractivity contribution in [2.45, 2.75) is 26.3 Å². The van der Waals surface area contributed by atoms with Crippen molar-refractivity contribution in [3.05, 3.63) is 47.4 Å². The van der Waals surface area contributed by atoms with Gasteiger partial charge >= 0.3 is 6.01 Å². The Morgan fingerprint density at radius 3 is 2.89 bits per heavy atom. The van der Waals surface area contributed by atoms with Crippen molar-refractivity contribution in [1.82, 2.24) is 34.5 Å². The average Bonchev–Trinajstić information content (AvgIpc) is 3.63. The highest BCUT2D eigenvalue weighted by Crippen LogP contribution is 2.30. The average molecular weight is 538 g/mol. The quantitative estimate of drug-likeness (QED) is 0.323. The van der Waals surface area contributed by atoms with Crippen LogP contribution >= 0.6 is 11.6 Å². The number of aromatic nitrogens is 5. The SMILES string of the molecule is CCN(CC)CC=CC(=O)N1CC[C@@H](n2nc(C(=O)Nc3nc4cc(Cl)ccc4o3)c3c(N)ncnc32)C1. The molecule has 1 saturated heterocycles. The third-order valence-electron chi connectivity index (χ3n) is 6.64. The lowest BCUT2D eigenvalue weighted by atomic mass is 10.2. The Hall–Kier alpha value is -4.03. The molecular weight excluding hydrogens is 510 g/mol. The number of rotatable bonds is 8. The van der Waals surface area contributed by atoms with E-state index in [0.717, 1.165) is 19.6 Å². The summed E-state index contributed by atoms with van der Waals surface area (Å²) in [5.74, 6) is -0.501. The minimum Gasteiger partial charge on any atom is -0.423 e. The Labute approximate surface area is 223 Å². The summed E-state index contributed by atoms with van der Waals surface area (Å²) in [7, 11) is 0. The Kier molecular flexibility index (Phi) is 7.25. The second-order valence-electron chi connectivity index (χ2n) is 8.95. The van der Waals surface area contributed by atoms with Gasteiger partial charge in [-0.2, -0.15) is 10.1 Å². The van der Waals surface area contributed by atoms with Gasteiger partial charge in [-0.15, -0.1) is 0 Å². The molecule has 0 spiro atoms. The van der Waals surface area contributed by atoms with Gasteiger partial charge in [0.2, 0.25) is 5.91 Å². The maximum atomic E-state index is 13.2. The van der Waals surface area contributed by atoms with Crippen molar-refractivity contribution in [2.24, 2.45) is 0 Å². The fourth-order valence-corrected chi connectivity index (χ4v) is 4.72. The largest absolute Gasteiger partial charge is 0.423 e. The first-order chi connectivity index (χ1) is 18.4. The normalized spacial score (nSPS) is 15.9. The van der Waals surface area contributed by atoms with Gasteiger partial charge in [-0.05, 0) is 37.7 Å². The molecule has 2 amide bonds. The summed E-state index contributed by atoms with van der Waals surface area (Å²) in [4.78, 5) is 42.7. The lowest BCUT2D eigenvalue weighted by Crippen LogP contribution is -2.28. The van der Waals surface area contributed by atoms with Crippen molar-refractivity contribution in [1.29, 1.82) is 0 Å². The molecule has 1 aliphatic rings. The monoisotopic (exact) mass is 537 g/mol. The first-order valence-electron chi connectivity index (χ1n) is 12.4. The molecule has 0 saturated carbocycles. The van der Waals surface area contributed by atoms with Gasteiger partial charge in [0.15, 0.2) is 16.9 Å². The number of likely N-dealkylation sites (tertiary alicyclic amines) is 1. The van der Waals surface area contributed by atoms with Crippen LogP contribution in [0.5, 0.6) is 0 Å². The number of fused-ring (bicyclic) bond motifs is 2. The summed E-state index contributed by atoms with van der Waals surface area (Å²) in [5, 5.41) is 8.03. The molecule has 3 aromatic heterocycles. The predicted molar refractivity (Wildman–Crippen MR) is 144 cm³/mol. The summed E-state index contributed by atoms with van der Waals surface area (Å²) in [5.41, 5.74) is 7.59. The first kappa shape index (κ1) is 25.6. The summed E-state index contributed by atoms with van der Waals surface area (Å²) in [6, 6.07) is 4.80. The summed E-state index contributed by atoms with van der Waals surface area (Å²) in [6.07, 6.45) is 5.50. The van der Waals surface area contributed by atoms with Gasteiger partial charge in [0.05, 0.1) is 11.4 Å². The van der Waals surface area contributed by atoms with Gasteiger partial charge in [0, 0.05) is 30.7 Å². The van der Waals surface area contributed by atoms with Gasteiger partial charge in [-0.3, -0.25) is 14.9 Å². The van der Waals surface area contributed by atoms with Crippen LogP contribution in [0.15, 0.2) is 41.1 Å². The number of nitrogen functional groups attached to an aromatic ring is 1. The molecule has 0 aliphatic carbocycles. The lowest BCUT2D eigenvalue weighted by molar-refractivity contribution is -0.125. The second-order valence-corrected chi connectivity index (χ2v) is 9.39. The summed E-state index contributed by atoms with van der Waals surface area (Å²) in [6.45, 7) is 7.75. The number of nitrogens with one attached hydrogen (secondary N) is 1. The van der Waals surface area contributed by atoms with Crippen LogP contribution in [-0.2, 0) is 4.79 Å². The van der Waals surface area contributed by atoms with E-state index in [0.29, 0.717) is 46.7 Å². The Morgan fingerprint density at radius 2 is 2.11 bits per heavy atom. The molecule has 13 heteroatoms. The number of likely N-dealkylation sites (N-methyl/N-ethyl adjacent to an activating group) is 1. The molecule has 4 aromatic rings. The van der Waals surface area contributed by atoms with E-state index in [1.54, 1.807) is 33.9 Å². The van der Waals surface area contributed by atoms with E-state index in [4.69, 9.17) is 21.8 Å². The van der Waals surface area contributed by atoms with Crippen LogP contribution in [0.4, 0.5) is 11.8 Å². The fraction of sp³-hybridized carbons (Fsp3) is 0.360. The van der Waals surface area contributed by atoms with Gasteiger partial charge in [0.1, 0.15) is 17.7 Å². The number of halogens is 1. The van der Waals surface area contributed by atoms with Crippen molar-refractivity contribution in [2.75, 3.05) is 43.8 Å². The molecule has 0 bridgehead atoms. The first-order valence-corrected chi connectivity index (χ1v) is 12.8. The molecule has 5 rings (SSSR count). The Bertz CT molecular complexity index is 1530. The van der Waals surface area contributed by atoms with Crippen LogP contribution in [0.3, 0.4) is 0 Å². The highest BCUT2D eigenvalue weighted by Gasteiger charge is 2.31. The van der Waals surface area contributed by atoms with E-state index in [-0.39, 0.29) is 29.5 Å².